The molecule has 1 aliphatic heterocycles. The topological polar surface area (TPSA) is 132 Å². The lowest BCUT2D eigenvalue weighted by atomic mass is 9.86. The Kier molecular flexibility index (Phi) is 12.8. The molecule has 11 heteroatoms. The molecule has 1 fully saturated rings. The Labute approximate surface area is 189 Å². The molecule has 11 nitrogen and oxygen atoms in total. The fourth-order valence-corrected chi connectivity index (χ4v) is 3.06. The van der Waals surface area contributed by atoms with Crippen molar-refractivity contribution in [2.24, 2.45) is 5.41 Å². The molecule has 0 saturated carbocycles. The molecule has 1 heterocycles. The van der Waals surface area contributed by atoms with E-state index in [1.54, 1.807) is 20.8 Å². The van der Waals surface area contributed by atoms with Gasteiger partial charge in [0.25, 0.3) is 0 Å². The third-order valence-corrected chi connectivity index (χ3v) is 4.91. The lowest BCUT2D eigenvalue weighted by Crippen LogP contribution is -2.48. The fraction of sp³-hybridized carbons (Fsp3) is 0.810. The van der Waals surface area contributed by atoms with Crippen molar-refractivity contribution in [3.63, 3.8) is 0 Å². The number of esters is 2. The third-order valence-electron chi connectivity index (χ3n) is 4.91. The summed E-state index contributed by atoms with van der Waals surface area (Å²) in [5.74, 6) is -1.99. The minimum absolute atomic E-state index is 0.122. The zero-order valence-corrected chi connectivity index (χ0v) is 19.6. The van der Waals surface area contributed by atoms with Crippen molar-refractivity contribution in [2.75, 3.05) is 66.3 Å². The molecule has 184 valence electrons. The second kappa shape index (κ2) is 14.8. The van der Waals surface area contributed by atoms with Gasteiger partial charge in [-0.2, -0.15) is 0 Å². The number of nitrogens with zero attached hydrogens (tertiary/aromatic N) is 1. The Bertz CT molecular complexity index is 620. The predicted molar refractivity (Wildman–Crippen MR) is 115 cm³/mol. The minimum atomic E-state index is -0.900. The number of hydrogen-bond acceptors (Lipinski definition) is 9. The van der Waals surface area contributed by atoms with Gasteiger partial charge in [0.2, 0.25) is 11.8 Å². The van der Waals surface area contributed by atoms with E-state index >= 15 is 0 Å². The molecular formula is C21H37N3O8. The summed E-state index contributed by atoms with van der Waals surface area (Å²) in [6.07, 6.45) is -1.26. The number of ether oxygens (including phenoxy) is 4. The summed E-state index contributed by atoms with van der Waals surface area (Å²) in [7, 11) is 1.18. The van der Waals surface area contributed by atoms with Crippen LogP contribution in [-0.4, -0.2) is 101 Å². The first-order valence-corrected chi connectivity index (χ1v) is 10.9. The van der Waals surface area contributed by atoms with Gasteiger partial charge in [-0.25, -0.2) is 0 Å². The molecule has 0 unspecified atom stereocenters. The van der Waals surface area contributed by atoms with Crippen molar-refractivity contribution in [1.82, 2.24) is 15.5 Å². The van der Waals surface area contributed by atoms with Crippen molar-refractivity contribution in [3.05, 3.63) is 0 Å². The number of carbonyl (C=O) groups is 4. The normalized spacial score (nSPS) is 15.5. The Balaban J connectivity index is 2.38. The first kappa shape index (κ1) is 27.8. The number of carbonyl (C=O) groups excluding carboxylic acids is 4. The van der Waals surface area contributed by atoms with Gasteiger partial charge >= 0.3 is 11.9 Å². The minimum Gasteiger partial charge on any atom is -0.469 e. The molecule has 2 amide bonds. The van der Waals surface area contributed by atoms with Crippen LogP contribution in [0.5, 0.6) is 0 Å². The first-order chi connectivity index (χ1) is 15.2. The number of methoxy groups -OCH3 is 1. The smallest absolute Gasteiger partial charge is 0.317 e. The summed E-state index contributed by atoms with van der Waals surface area (Å²) >= 11 is 0. The molecule has 0 aromatic rings. The second-order valence-electron chi connectivity index (χ2n) is 8.08. The fourth-order valence-electron chi connectivity index (χ4n) is 3.06. The van der Waals surface area contributed by atoms with Gasteiger partial charge in [0.05, 0.1) is 26.9 Å². The standard InChI is InChI=1S/C21H37N3O8/c1-5-31-19(21(2,3)15-32-18(27)14-17(26)29-4)20(28)23-7-6-16(25)22-8-9-24-10-12-30-13-11-24/h19H,5-15H2,1-4H3,(H,22,25)(H,23,28)/t19-/m0/s1. The van der Waals surface area contributed by atoms with Crippen molar-refractivity contribution in [3.8, 4) is 0 Å². The summed E-state index contributed by atoms with van der Waals surface area (Å²) in [6, 6.07) is 0. The molecule has 0 aromatic carbocycles. The van der Waals surface area contributed by atoms with Crippen LogP contribution in [0.15, 0.2) is 0 Å². The van der Waals surface area contributed by atoms with Crippen LogP contribution in [0.3, 0.4) is 0 Å². The van der Waals surface area contributed by atoms with E-state index in [2.05, 4.69) is 20.3 Å². The molecule has 0 radical (unpaired) electrons. The van der Waals surface area contributed by atoms with Gasteiger partial charge in [-0.1, -0.05) is 13.8 Å². The second-order valence-corrected chi connectivity index (χ2v) is 8.08. The summed E-state index contributed by atoms with van der Waals surface area (Å²) < 4.78 is 20.4. The predicted octanol–water partition coefficient (Wildman–Crippen LogP) is -0.521. The third kappa shape index (κ3) is 10.9. The van der Waals surface area contributed by atoms with Crippen LogP contribution in [0, 0.1) is 5.41 Å². The molecular weight excluding hydrogens is 422 g/mol. The molecule has 2 N–H and O–H groups in total. The molecule has 1 atom stereocenters. The van der Waals surface area contributed by atoms with Crippen LogP contribution in [0.25, 0.3) is 0 Å². The van der Waals surface area contributed by atoms with Gasteiger partial charge in [-0.05, 0) is 6.92 Å². The average Bonchev–Trinajstić information content (AvgIpc) is 2.76. The van der Waals surface area contributed by atoms with Gasteiger partial charge < -0.3 is 29.6 Å². The maximum Gasteiger partial charge on any atom is 0.317 e. The first-order valence-electron chi connectivity index (χ1n) is 10.9. The number of amides is 2. The van der Waals surface area contributed by atoms with Crippen molar-refractivity contribution in [1.29, 1.82) is 0 Å². The van der Waals surface area contributed by atoms with E-state index in [1.165, 1.54) is 7.11 Å². The lowest BCUT2D eigenvalue weighted by molar-refractivity contribution is -0.161. The van der Waals surface area contributed by atoms with Crippen molar-refractivity contribution < 1.29 is 38.1 Å². The summed E-state index contributed by atoms with van der Waals surface area (Å²) in [5, 5.41) is 5.55. The Hall–Kier alpha value is -2.24. The van der Waals surface area contributed by atoms with Crippen LogP contribution >= 0.6 is 0 Å². The highest BCUT2D eigenvalue weighted by molar-refractivity contribution is 5.91. The Morgan fingerprint density at radius 1 is 1.06 bits per heavy atom. The van der Waals surface area contributed by atoms with E-state index in [1.807, 2.05) is 0 Å². The van der Waals surface area contributed by atoms with Crippen molar-refractivity contribution >= 4 is 23.8 Å². The quantitative estimate of drug-likeness (QED) is 0.260. The van der Waals surface area contributed by atoms with Gasteiger partial charge in [0.1, 0.15) is 12.5 Å². The Morgan fingerprint density at radius 2 is 1.75 bits per heavy atom. The number of hydrogen-bond donors (Lipinski definition) is 2. The van der Waals surface area contributed by atoms with Gasteiger partial charge in [-0.3, -0.25) is 24.1 Å². The van der Waals surface area contributed by atoms with E-state index in [-0.39, 0.29) is 32.1 Å². The summed E-state index contributed by atoms with van der Waals surface area (Å²) in [6.45, 7) is 9.94. The van der Waals surface area contributed by atoms with Crippen molar-refractivity contribution in [2.45, 2.75) is 39.7 Å². The highest BCUT2D eigenvalue weighted by Gasteiger charge is 2.37. The average molecular weight is 460 g/mol. The van der Waals surface area contributed by atoms with Crippen LogP contribution in [-0.2, 0) is 38.1 Å². The van der Waals surface area contributed by atoms with Gasteiger partial charge in [0.15, 0.2) is 0 Å². The molecule has 0 aromatic heterocycles. The molecule has 0 aliphatic carbocycles. The summed E-state index contributed by atoms with van der Waals surface area (Å²) in [5.41, 5.74) is -0.855. The maximum absolute atomic E-state index is 12.6. The molecule has 32 heavy (non-hydrogen) atoms. The van der Waals surface area contributed by atoms with E-state index in [9.17, 15) is 19.2 Å². The number of rotatable bonds is 14. The van der Waals surface area contributed by atoms with E-state index in [0.717, 1.165) is 19.6 Å². The van der Waals surface area contributed by atoms with Crippen LogP contribution < -0.4 is 10.6 Å². The lowest BCUT2D eigenvalue weighted by Gasteiger charge is -2.32. The number of nitrogens with one attached hydrogen (secondary N) is 2. The zero-order chi connectivity index (χ0) is 24.0. The Morgan fingerprint density at radius 3 is 2.38 bits per heavy atom. The molecule has 1 saturated heterocycles. The molecule has 0 bridgehead atoms. The molecule has 0 spiro atoms. The highest BCUT2D eigenvalue weighted by Crippen LogP contribution is 2.24. The van der Waals surface area contributed by atoms with Crippen LogP contribution in [0.4, 0.5) is 0 Å². The van der Waals surface area contributed by atoms with E-state index in [0.29, 0.717) is 19.8 Å². The van der Waals surface area contributed by atoms with E-state index in [4.69, 9.17) is 14.2 Å². The highest BCUT2D eigenvalue weighted by atomic mass is 16.6. The zero-order valence-electron chi connectivity index (χ0n) is 19.6. The number of morpholine rings is 1. The van der Waals surface area contributed by atoms with Crippen LogP contribution in [0.1, 0.15) is 33.6 Å². The summed E-state index contributed by atoms with van der Waals surface area (Å²) in [4.78, 5) is 49.8. The monoisotopic (exact) mass is 459 g/mol. The SMILES string of the molecule is CCO[C@@H](C(=O)NCCC(=O)NCCN1CCOCC1)C(C)(C)COC(=O)CC(=O)OC. The van der Waals surface area contributed by atoms with Gasteiger partial charge in [-0.15, -0.1) is 0 Å². The molecule has 1 aliphatic rings. The maximum atomic E-state index is 12.6. The van der Waals surface area contributed by atoms with E-state index < -0.39 is 35.8 Å². The largest absolute Gasteiger partial charge is 0.469 e. The van der Waals surface area contributed by atoms with Crippen LogP contribution in [0.2, 0.25) is 0 Å². The molecule has 1 rings (SSSR count). The van der Waals surface area contributed by atoms with Gasteiger partial charge in [0, 0.05) is 51.2 Å².